The van der Waals surface area contributed by atoms with Gasteiger partial charge in [-0.1, -0.05) is 188 Å². The Balaban J connectivity index is 1.13. The van der Waals surface area contributed by atoms with Crippen molar-refractivity contribution in [2.24, 2.45) is 0 Å². The predicted molar refractivity (Wildman–Crippen MR) is 225 cm³/mol. The third-order valence-electron chi connectivity index (χ3n) is 10.1. The van der Waals surface area contributed by atoms with Gasteiger partial charge >= 0.3 is 0 Å². The second-order valence-corrected chi connectivity index (χ2v) is 13.6. The molecular weight excluding hydrogens is 671 g/mol. The summed E-state index contributed by atoms with van der Waals surface area (Å²) in [6, 6.07) is 68.9. The van der Waals surface area contributed by atoms with Crippen LogP contribution in [-0.4, -0.2) is 15.0 Å². The summed E-state index contributed by atoms with van der Waals surface area (Å²) in [6.45, 7) is 0. The Morgan fingerprint density at radius 2 is 0.800 bits per heavy atom. The molecule has 0 aliphatic heterocycles. The van der Waals surface area contributed by atoms with Crippen molar-refractivity contribution in [2.45, 2.75) is 0 Å². The topological polar surface area (TPSA) is 51.8 Å². The van der Waals surface area contributed by atoms with Crippen molar-refractivity contribution in [3.8, 4) is 78.7 Å². The first-order valence-corrected chi connectivity index (χ1v) is 18.4. The number of fused-ring (bicyclic) bond motifs is 3. The van der Waals surface area contributed by atoms with Crippen LogP contribution >= 0.6 is 0 Å². The average Bonchev–Trinajstić information content (AvgIpc) is 3.68. The van der Waals surface area contributed by atoms with Gasteiger partial charge in [0.1, 0.15) is 11.5 Å². The molecule has 0 saturated carbocycles. The van der Waals surface area contributed by atoms with Crippen molar-refractivity contribution < 1.29 is 4.42 Å². The highest BCUT2D eigenvalue weighted by molar-refractivity contribution is 6.18. The second-order valence-electron chi connectivity index (χ2n) is 13.6. The molecule has 7 aromatic carbocycles. The fraction of sp³-hybridized carbons (Fsp3) is 0. The number of nitrogens with zero attached hydrogens (tertiary/aromatic N) is 3. The molecule has 0 aliphatic carbocycles. The van der Waals surface area contributed by atoms with E-state index in [0.717, 1.165) is 83.7 Å². The Morgan fingerprint density at radius 1 is 0.345 bits per heavy atom. The highest BCUT2D eigenvalue weighted by Gasteiger charge is 2.24. The Bertz CT molecular complexity index is 2920. The summed E-state index contributed by atoms with van der Waals surface area (Å²) in [5.41, 5.74) is 13.7. The van der Waals surface area contributed by atoms with Crippen LogP contribution in [0, 0.1) is 0 Å². The zero-order valence-electron chi connectivity index (χ0n) is 29.8. The summed E-state index contributed by atoms with van der Waals surface area (Å²) >= 11 is 0. The zero-order valence-corrected chi connectivity index (χ0v) is 29.8. The standard InChI is InChI=1S/C51H33N3O/c1-5-15-34(16-6-1)35-25-27-36(28-26-35)44-33-45(54-51(53-44)41-21-11-4-12-22-41)37-29-31-38(32-30-37)46-47-42-23-13-14-24-43(42)52-48(39-17-7-2-8-18-39)50(47)55-49(46)40-19-9-3-10-20-40/h1-33H. The van der Waals surface area contributed by atoms with Crippen LogP contribution in [0.2, 0.25) is 0 Å². The first kappa shape index (κ1) is 32.2. The van der Waals surface area contributed by atoms with E-state index in [1.54, 1.807) is 0 Å². The lowest BCUT2D eigenvalue weighted by Gasteiger charge is -2.11. The third kappa shape index (κ3) is 6.06. The van der Waals surface area contributed by atoms with E-state index in [4.69, 9.17) is 19.4 Å². The summed E-state index contributed by atoms with van der Waals surface area (Å²) in [7, 11) is 0. The number of pyridine rings is 1. The molecule has 4 nitrogen and oxygen atoms in total. The molecule has 10 rings (SSSR count). The van der Waals surface area contributed by atoms with Gasteiger partial charge < -0.3 is 4.42 Å². The lowest BCUT2D eigenvalue weighted by atomic mass is 9.94. The molecule has 0 atom stereocenters. The van der Waals surface area contributed by atoms with Gasteiger partial charge in [-0.3, -0.25) is 0 Å². The number of hydrogen-bond donors (Lipinski definition) is 0. The number of rotatable bonds is 7. The lowest BCUT2D eigenvalue weighted by Crippen LogP contribution is -1.96. The second kappa shape index (κ2) is 13.8. The van der Waals surface area contributed by atoms with E-state index >= 15 is 0 Å². The molecule has 0 bridgehead atoms. The SMILES string of the molecule is c1ccc(-c2ccc(-c3cc(-c4ccc(-c5c(-c6ccccc6)oc6c(-c7ccccc7)nc7ccccc7c56)cc4)nc(-c4ccccc4)n3)cc2)cc1. The van der Waals surface area contributed by atoms with Crippen LogP contribution in [-0.2, 0) is 0 Å². The maximum atomic E-state index is 6.93. The van der Waals surface area contributed by atoms with Gasteiger partial charge in [0.2, 0.25) is 0 Å². The zero-order chi connectivity index (χ0) is 36.6. The molecule has 4 heteroatoms. The van der Waals surface area contributed by atoms with Crippen molar-refractivity contribution in [1.82, 2.24) is 15.0 Å². The fourth-order valence-corrected chi connectivity index (χ4v) is 7.40. The van der Waals surface area contributed by atoms with Gasteiger partial charge in [0, 0.05) is 44.2 Å². The van der Waals surface area contributed by atoms with Gasteiger partial charge in [-0.15, -0.1) is 0 Å². The monoisotopic (exact) mass is 703 g/mol. The van der Waals surface area contributed by atoms with Gasteiger partial charge in [0.05, 0.1) is 16.9 Å². The molecule has 0 aliphatic rings. The van der Waals surface area contributed by atoms with Crippen LogP contribution in [0.4, 0.5) is 0 Å². The Hall–Kier alpha value is -7.43. The Labute approximate surface area is 319 Å². The van der Waals surface area contributed by atoms with E-state index in [1.807, 2.05) is 54.6 Å². The molecule has 10 aromatic rings. The summed E-state index contributed by atoms with van der Waals surface area (Å²) < 4.78 is 6.93. The van der Waals surface area contributed by atoms with Crippen LogP contribution in [0.1, 0.15) is 0 Å². The number of benzene rings is 7. The minimum atomic E-state index is 0.684. The van der Waals surface area contributed by atoms with E-state index in [9.17, 15) is 0 Å². The normalized spacial score (nSPS) is 11.3. The van der Waals surface area contributed by atoms with Gasteiger partial charge in [0.15, 0.2) is 11.4 Å². The van der Waals surface area contributed by atoms with Crippen molar-refractivity contribution in [2.75, 3.05) is 0 Å². The number of furan rings is 1. The predicted octanol–water partition coefficient (Wildman–Crippen LogP) is 13.4. The van der Waals surface area contributed by atoms with Crippen molar-refractivity contribution >= 4 is 21.9 Å². The van der Waals surface area contributed by atoms with E-state index in [0.29, 0.717) is 5.82 Å². The van der Waals surface area contributed by atoms with Crippen LogP contribution in [0.5, 0.6) is 0 Å². The number of aromatic nitrogens is 3. The summed E-state index contributed by atoms with van der Waals surface area (Å²) in [6.07, 6.45) is 0. The van der Waals surface area contributed by atoms with Crippen LogP contribution in [0.25, 0.3) is 101 Å². The minimum absolute atomic E-state index is 0.684. The van der Waals surface area contributed by atoms with E-state index < -0.39 is 0 Å². The van der Waals surface area contributed by atoms with E-state index in [-0.39, 0.29) is 0 Å². The van der Waals surface area contributed by atoms with E-state index in [2.05, 4.69) is 146 Å². The summed E-state index contributed by atoms with van der Waals surface area (Å²) in [5.74, 6) is 1.50. The molecule has 258 valence electrons. The van der Waals surface area contributed by atoms with Gasteiger partial charge in [-0.2, -0.15) is 0 Å². The molecule has 3 heterocycles. The maximum Gasteiger partial charge on any atom is 0.162 e. The molecule has 0 spiro atoms. The Kier molecular flexibility index (Phi) is 8.12. The smallest absolute Gasteiger partial charge is 0.162 e. The highest BCUT2D eigenvalue weighted by atomic mass is 16.3. The van der Waals surface area contributed by atoms with Crippen LogP contribution in [0.3, 0.4) is 0 Å². The molecule has 0 fully saturated rings. The third-order valence-corrected chi connectivity index (χ3v) is 10.1. The largest absolute Gasteiger partial charge is 0.453 e. The lowest BCUT2D eigenvalue weighted by molar-refractivity contribution is 0.632. The minimum Gasteiger partial charge on any atom is -0.453 e. The average molecular weight is 704 g/mol. The molecule has 3 aromatic heterocycles. The van der Waals surface area contributed by atoms with Crippen LogP contribution in [0.15, 0.2) is 205 Å². The van der Waals surface area contributed by atoms with E-state index in [1.165, 1.54) is 11.1 Å². The first-order chi connectivity index (χ1) is 27.3. The number of hydrogen-bond acceptors (Lipinski definition) is 4. The molecule has 0 N–H and O–H groups in total. The van der Waals surface area contributed by atoms with Crippen molar-refractivity contribution in [1.29, 1.82) is 0 Å². The van der Waals surface area contributed by atoms with Crippen molar-refractivity contribution in [3.05, 3.63) is 200 Å². The molecule has 55 heavy (non-hydrogen) atoms. The van der Waals surface area contributed by atoms with Crippen molar-refractivity contribution in [3.63, 3.8) is 0 Å². The van der Waals surface area contributed by atoms with Gasteiger partial charge in [-0.25, -0.2) is 15.0 Å². The Morgan fingerprint density at radius 3 is 1.40 bits per heavy atom. The quantitative estimate of drug-likeness (QED) is 0.166. The molecule has 0 unspecified atom stereocenters. The molecule has 0 saturated heterocycles. The summed E-state index contributed by atoms with van der Waals surface area (Å²) in [4.78, 5) is 15.3. The number of para-hydroxylation sites is 1. The van der Waals surface area contributed by atoms with Gasteiger partial charge in [0.25, 0.3) is 0 Å². The maximum absolute atomic E-state index is 6.93. The molecule has 0 radical (unpaired) electrons. The first-order valence-electron chi connectivity index (χ1n) is 18.4. The summed E-state index contributed by atoms with van der Waals surface area (Å²) in [5, 5.41) is 2.10. The highest BCUT2D eigenvalue weighted by Crippen LogP contribution is 2.46. The van der Waals surface area contributed by atoms with Gasteiger partial charge in [-0.05, 0) is 28.8 Å². The molecular formula is C51H33N3O. The van der Waals surface area contributed by atoms with Crippen LogP contribution < -0.4 is 0 Å². The molecule has 0 amide bonds. The fourth-order valence-electron chi connectivity index (χ4n) is 7.40.